The first-order valence-corrected chi connectivity index (χ1v) is 7.84. The molecule has 1 amide bonds. The van der Waals surface area contributed by atoms with E-state index in [2.05, 4.69) is 44.3 Å². The lowest BCUT2D eigenvalue weighted by Gasteiger charge is -2.26. The Bertz CT molecular complexity index is 448. The summed E-state index contributed by atoms with van der Waals surface area (Å²) in [5.74, 6) is 0.851. The van der Waals surface area contributed by atoms with Gasteiger partial charge in [0.25, 0.3) is 0 Å². The first kappa shape index (κ1) is 14.4. The van der Waals surface area contributed by atoms with E-state index in [-0.39, 0.29) is 11.3 Å². The zero-order valence-electron chi connectivity index (χ0n) is 11.8. The number of hydrogen-bond donors (Lipinski definition) is 1. The number of rotatable bonds is 5. The first-order valence-electron chi connectivity index (χ1n) is 6.79. The van der Waals surface area contributed by atoms with Crippen molar-refractivity contribution in [1.82, 2.24) is 10.2 Å². The van der Waals surface area contributed by atoms with Crippen LogP contribution in [0.2, 0.25) is 0 Å². The second kappa shape index (κ2) is 6.44. The maximum atomic E-state index is 12.0. The van der Waals surface area contributed by atoms with E-state index in [0.29, 0.717) is 11.8 Å². The van der Waals surface area contributed by atoms with Gasteiger partial charge < -0.3 is 10.2 Å². The number of amides is 1. The van der Waals surface area contributed by atoms with Crippen molar-refractivity contribution in [3.63, 3.8) is 0 Å². The molecule has 4 heteroatoms. The van der Waals surface area contributed by atoms with Gasteiger partial charge in [-0.1, -0.05) is 38.1 Å². The van der Waals surface area contributed by atoms with Crippen LogP contribution in [0.25, 0.3) is 0 Å². The third-order valence-corrected chi connectivity index (χ3v) is 4.57. The maximum Gasteiger partial charge on any atom is 0.233 e. The highest BCUT2D eigenvalue weighted by Gasteiger charge is 2.32. The van der Waals surface area contributed by atoms with Crippen LogP contribution in [0.1, 0.15) is 30.3 Å². The first-order chi connectivity index (χ1) is 9.09. The van der Waals surface area contributed by atoms with Crippen molar-refractivity contribution in [2.75, 3.05) is 18.8 Å². The summed E-state index contributed by atoms with van der Waals surface area (Å²) >= 11 is 1.73. The molecule has 19 heavy (non-hydrogen) atoms. The minimum Gasteiger partial charge on any atom is -0.325 e. The summed E-state index contributed by atoms with van der Waals surface area (Å²) in [5, 5.41) is 3.56. The summed E-state index contributed by atoms with van der Waals surface area (Å²) in [6.45, 7) is 8.00. The predicted octanol–water partition coefficient (Wildman–Crippen LogP) is 2.57. The molecule has 2 rings (SSSR count). The minimum absolute atomic E-state index is 0.183. The second-order valence-corrected chi connectivity index (χ2v) is 6.28. The van der Waals surface area contributed by atoms with Crippen LogP contribution in [0.15, 0.2) is 24.3 Å². The van der Waals surface area contributed by atoms with Gasteiger partial charge in [-0.25, -0.2) is 0 Å². The molecular weight excluding hydrogens is 256 g/mol. The number of hydrogen-bond acceptors (Lipinski definition) is 3. The fraction of sp³-hybridized carbons (Fsp3) is 0.533. The molecule has 1 aliphatic rings. The van der Waals surface area contributed by atoms with Crippen LogP contribution in [-0.2, 0) is 4.79 Å². The Balaban J connectivity index is 2.07. The molecule has 1 atom stereocenters. The smallest absolute Gasteiger partial charge is 0.233 e. The predicted molar refractivity (Wildman–Crippen MR) is 81.2 cm³/mol. The average molecular weight is 278 g/mol. The highest BCUT2D eigenvalue weighted by Crippen LogP contribution is 2.39. The molecule has 104 valence electrons. The Kier molecular flexibility index (Phi) is 4.88. The van der Waals surface area contributed by atoms with Crippen molar-refractivity contribution in [3.8, 4) is 0 Å². The Morgan fingerprint density at radius 3 is 2.84 bits per heavy atom. The van der Waals surface area contributed by atoms with Gasteiger partial charge in [0.15, 0.2) is 0 Å². The van der Waals surface area contributed by atoms with E-state index in [4.69, 9.17) is 0 Å². The lowest BCUT2D eigenvalue weighted by Crippen LogP contribution is -2.37. The van der Waals surface area contributed by atoms with Crippen LogP contribution in [0, 0.1) is 6.92 Å². The van der Waals surface area contributed by atoms with Crippen LogP contribution < -0.4 is 5.32 Å². The molecule has 3 nitrogen and oxygen atoms in total. The van der Waals surface area contributed by atoms with Crippen LogP contribution in [0.3, 0.4) is 0 Å². The summed E-state index contributed by atoms with van der Waals surface area (Å²) in [4.78, 5) is 14.0. The van der Waals surface area contributed by atoms with Gasteiger partial charge in [0.2, 0.25) is 5.91 Å². The molecule has 1 aromatic rings. The third-order valence-electron chi connectivity index (χ3n) is 3.33. The molecule has 1 saturated heterocycles. The van der Waals surface area contributed by atoms with E-state index in [1.54, 1.807) is 11.8 Å². The molecule has 0 aromatic heterocycles. The van der Waals surface area contributed by atoms with E-state index in [1.807, 2.05) is 11.0 Å². The summed E-state index contributed by atoms with van der Waals surface area (Å²) in [6.07, 6.45) is 0. The van der Waals surface area contributed by atoms with Crippen LogP contribution in [0.5, 0.6) is 0 Å². The normalized spacial score (nSPS) is 19.5. The number of carbonyl (C=O) groups excluding carboxylic acids is 1. The van der Waals surface area contributed by atoms with Gasteiger partial charge >= 0.3 is 0 Å². The Hall–Kier alpha value is -1.00. The molecule has 1 N–H and O–H groups in total. The standard InChI is InChI=1S/C15H22N2OS/c1-11(2)16-8-9-17-14(18)10-19-15(17)13-7-5-4-6-12(13)3/h4-7,11,15-16H,8-10H2,1-3H3/t15-/m1/s1. The van der Waals surface area contributed by atoms with Gasteiger partial charge in [-0.3, -0.25) is 4.79 Å². The van der Waals surface area contributed by atoms with Crippen LogP contribution >= 0.6 is 11.8 Å². The summed E-state index contributed by atoms with van der Waals surface area (Å²) in [5.41, 5.74) is 2.53. The molecule has 0 spiro atoms. The van der Waals surface area contributed by atoms with Gasteiger partial charge in [-0.15, -0.1) is 11.8 Å². The molecule has 1 aliphatic heterocycles. The zero-order valence-corrected chi connectivity index (χ0v) is 12.7. The Morgan fingerprint density at radius 1 is 1.42 bits per heavy atom. The topological polar surface area (TPSA) is 32.3 Å². The molecule has 0 aliphatic carbocycles. The second-order valence-electron chi connectivity index (χ2n) is 5.22. The van der Waals surface area contributed by atoms with Crippen molar-refractivity contribution in [2.24, 2.45) is 0 Å². The summed E-state index contributed by atoms with van der Waals surface area (Å²) in [7, 11) is 0. The Morgan fingerprint density at radius 2 is 2.16 bits per heavy atom. The minimum atomic E-state index is 0.183. The highest BCUT2D eigenvalue weighted by atomic mass is 32.2. The lowest BCUT2D eigenvalue weighted by atomic mass is 10.1. The Labute approximate surface area is 119 Å². The summed E-state index contributed by atoms with van der Waals surface area (Å²) < 4.78 is 0. The third kappa shape index (κ3) is 3.51. The highest BCUT2D eigenvalue weighted by molar-refractivity contribution is 8.00. The quantitative estimate of drug-likeness (QED) is 0.898. The lowest BCUT2D eigenvalue weighted by molar-refractivity contribution is -0.128. The molecule has 0 bridgehead atoms. The van der Waals surface area contributed by atoms with Crippen molar-refractivity contribution < 1.29 is 4.79 Å². The number of thioether (sulfide) groups is 1. The van der Waals surface area contributed by atoms with E-state index < -0.39 is 0 Å². The zero-order chi connectivity index (χ0) is 13.8. The molecule has 1 aromatic carbocycles. The summed E-state index contributed by atoms with van der Waals surface area (Å²) in [6, 6.07) is 8.81. The molecule has 1 heterocycles. The monoisotopic (exact) mass is 278 g/mol. The van der Waals surface area contributed by atoms with Gasteiger partial charge in [-0.05, 0) is 18.1 Å². The molecule has 0 radical (unpaired) electrons. The van der Waals surface area contributed by atoms with Crippen molar-refractivity contribution in [1.29, 1.82) is 0 Å². The van der Waals surface area contributed by atoms with E-state index >= 15 is 0 Å². The van der Waals surface area contributed by atoms with Crippen molar-refractivity contribution in [3.05, 3.63) is 35.4 Å². The van der Waals surface area contributed by atoms with E-state index in [1.165, 1.54) is 11.1 Å². The SMILES string of the molecule is Cc1ccccc1[C@H]1SCC(=O)N1CCNC(C)C. The van der Waals surface area contributed by atoms with Crippen LogP contribution in [-0.4, -0.2) is 35.7 Å². The van der Waals surface area contributed by atoms with Gasteiger partial charge in [0.05, 0.1) is 5.75 Å². The number of nitrogens with zero attached hydrogens (tertiary/aromatic N) is 1. The molecule has 0 unspecified atom stereocenters. The van der Waals surface area contributed by atoms with E-state index in [0.717, 1.165) is 13.1 Å². The maximum absolute atomic E-state index is 12.0. The number of carbonyl (C=O) groups is 1. The fourth-order valence-electron chi connectivity index (χ4n) is 2.29. The largest absolute Gasteiger partial charge is 0.325 e. The van der Waals surface area contributed by atoms with Crippen molar-refractivity contribution >= 4 is 17.7 Å². The van der Waals surface area contributed by atoms with Gasteiger partial charge in [0.1, 0.15) is 5.37 Å². The van der Waals surface area contributed by atoms with Gasteiger partial charge in [0, 0.05) is 19.1 Å². The molecule has 0 saturated carbocycles. The molecular formula is C15H22N2OS. The van der Waals surface area contributed by atoms with Gasteiger partial charge in [-0.2, -0.15) is 0 Å². The van der Waals surface area contributed by atoms with Crippen LogP contribution in [0.4, 0.5) is 0 Å². The molecule has 1 fully saturated rings. The fourth-order valence-corrected chi connectivity index (χ4v) is 3.60. The van der Waals surface area contributed by atoms with Crippen molar-refractivity contribution in [2.45, 2.75) is 32.2 Å². The number of benzene rings is 1. The van der Waals surface area contributed by atoms with E-state index in [9.17, 15) is 4.79 Å². The average Bonchev–Trinajstić information content (AvgIpc) is 2.72. The number of nitrogens with one attached hydrogen (secondary N) is 1. The number of aryl methyl sites for hydroxylation is 1.